The number of halogens is 5. The second-order valence-electron chi connectivity index (χ2n) is 4.96. The molecule has 3 rings (SSSR count). The van der Waals surface area contributed by atoms with Crippen LogP contribution in [0, 0.1) is 0 Å². The summed E-state index contributed by atoms with van der Waals surface area (Å²) in [5.41, 5.74) is 0.761. The number of rotatable bonds is 3. The van der Waals surface area contributed by atoms with Gasteiger partial charge in [0, 0.05) is 28.1 Å². The SMILES string of the molecule is FC(F)(F)c1cnc(SCc2cc(Cl)cc3c2OCOC3)c(Cl)c1. The van der Waals surface area contributed by atoms with Gasteiger partial charge in [-0.15, -0.1) is 11.8 Å². The predicted octanol–water partition coefficient (Wildman–Crippen LogP) is 5.57. The van der Waals surface area contributed by atoms with Gasteiger partial charge in [-0.3, -0.25) is 0 Å². The summed E-state index contributed by atoms with van der Waals surface area (Å²) in [5.74, 6) is 1.09. The molecule has 2 aromatic rings. The molecule has 0 amide bonds. The fourth-order valence-electron chi connectivity index (χ4n) is 2.20. The van der Waals surface area contributed by atoms with Gasteiger partial charge in [0.05, 0.1) is 17.2 Å². The average Bonchev–Trinajstić information content (AvgIpc) is 2.52. The third-order valence-corrected chi connectivity index (χ3v) is 4.92. The highest BCUT2D eigenvalue weighted by Gasteiger charge is 2.31. The first-order valence-corrected chi connectivity index (χ1v) is 8.46. The number of hydrogen-bond acceptors (Lipinski definition) is 4. The van der Waals surface area contributed by atoms with Crippen molar-refractivity contribution in [2.45, 2.75) is 23.6 Å². The number of thioether (sulfide) groups is 1. The van der Waals surface area contributed by atoms with Crippen LogP contribution in [-0.4, -0.2) is 11.8 Å². The van der Waals surface area contributed by atoms with Gasteiger partial charge < -0.3 is 9.47 Å². The van der Waals surface area contributed by atoms with Gasteiger partial charge in [-0.05, 0) is 18.2 Å². The first-order valence-electron chi connectivity index (χ1n) is 6.72. The quantitative estimate of drug-likeness (QED) is 0.636. The van der Waals surface area contributed by atoms with Crippen molar-refractivity contribution in [3.8, 4) is 5.75 Å². The molecule has 0 radical (unpaired) electrons. The lowest BCUT2D eigenvalue weighted by atomic mass is 10.1. The van der Waals surface area contributed by atoms with E-state index in [0.717, 1.165) is 23.4 Å². The Morgan fingerprint density at radius 3 is 2.71 bits per heavy atom. The second-order valence-corrected chi connectivity index (χ2v) is 6.77. The lowest BCUT2D eigenvalue weighted by Gasteiger charge is -2.21. The Bertz CT molecular complexity index is 771. The van der Waals surface area contributed by atoms with E-state index in [-0.39, 0.29) is 11.8 Å². The molecule has 1 aromatic heterocycles. The van der Waals surface area contributed by atoms with Crippen molar-refractivity contribution in [2.24, 2.45) is 0 Å². The zero-order valence-electron chi connectivity index (χ0n) is 12.0. The van der Waals surface area contributed by atoms with Gasteiger partial charge in [0.2, 0.25) is 0 Å². The molecular formula is C15H10Cl2F3NO2S. The summed E-state index contributed by atoms with van der Waals surface area (Å²) >= 11 is 13.2. The molecule has 1 aliphatic heterocycles. The minimum Gasteiger partial charge on any atom is -0.467 e. The van der Waals surface area contributed by atoms with Crippen LogP contribution in [-0.2, 0) is 23.3 Å². The molecule has 1 aromatic carbocycles. The van der Waals surface area contributed by atoms with E-state index in [1.807, 2.05) is 0 Å². The first-order chi connectivity index (χ1) is 11.3. The van der Waals surface area contributed by atoms with E-state index < -0.39 is 11.7 Å². The molecule has 3 nitrogen and oxygen atoms in total. The van der Waals surface area contributed by atoms with Gasteiger partial charge in [-0.1, -0.05) is 23.2 Å². The van der Waals surface area contributed by atoms with Crippen molar-refractivity contribution in [1.29, 1.82) is 0 Å². The molecule has 2 heterocycles. The fourth-order valence-corrected chi connectivity index (χ4v) is 3.62. The van der Waals surface area contributed by atoms with E-state index in [2.05, 4.69) is 4.98 Å². The van der Waals surface area contributed by atoms with Crippen molar-refractivity contribution in [2.75, 3.05) is 6.79 Å². The smallest absolute Gasteiger partial charge is 0.417 e. The fraction of sp³-hybridized carbons (Fsp3) is 0.267. The van der Waals surface area contributed by atoms with Crippen LogP contribution in [0.25, 0.3) is 0 Å². The number of pyridine rings is 1. The van der Waals surface area contributed by atoms with Crippen molar-refractivity contribution in [1.82, 2.24) is 4.98 Å². The Morgan fingerprint density at radius 1 is 1.21 bits per heavy atom. The Hall–Kier alpha value is -1.15. The number of aromatic nitrogens is 1. The highest BCUT2D eigenvalue weighted by molar-refractivity contribution is 7.98. The summed E-state index contributed by atoms with van der Waals surface area (Å²) in [4.78, 5) is 3.81. The minimum atomic E-state index is -4.47. The summed E-state index contributed by atoms with van der Waals surface area (Å²) < 4.78 is 48.6. The number of fused-ring (bicyclic) bond motifs is 1. The van der Waals surface area contributed by atoms with E-state index in [4.69, 9.17) is 32.7 Å². The van der Waals surface area contributed by atoms with E-state index in [9.17, 15) is 13.2 Å². The Kier molecular flexibility index (Phi) is 5.15. The number of alkyl halides is 3. The van der Waals surface area contributed by atoms with Crippen molar-refractivity contribution in [3.05, 3.63) is 51.1 Å². The van der Waals surface area contributed by atoms with Gasteiger partial charge in [-0.2, -0.15) is 13.2 Å². The Labute approximate surface area is 150 Å². The molecule has 0 aliphatic carbocycles. The maximum Gasteiger partial charge on any atom is 0.417 e. The van der Waals surface area contributed by atoms with Crippen LogP contribution in [0.3, 0.4) is 0 Å². The molecule has 128 valence electrons. The van der Waals surface area contributed by atoms with Crippen LogP contribution < -0.4 is 4.74 Å². The number of nitrogens with zero attached hydrogens (tertiary/aromatic N) is 1. The zero-order chi connectivity index (χ0) is 17.3. The van der Waals surface area contributed by atoms with Crippen LogP contribution in [0.4, 0.5) is 13.2 Å². The lowest BCUT2D eigenvalue weighted by molar-refractivity contribution is -0.137. The summed E-state index contributed by atoms with van der Waals surface area (Å²) in [6, 6.07) is 4.37. The number of ether oxygens (including phenoxy) is 2. The minimum absolute atomic E-state index is 0.0463. The van der Waals surface area contributed by atoms with Crippen LogP contribution in [0.15, 0.2) is 29.4 Å². The Balaban J connectivity index is 1.80. The highest BCUT2D eigenvalue weighted by atomic mass is 35.5. The molecule has 9 heteroatoms. The summed E-state index contributed by atoms with van der Waals surface area (Å²) in [7, 11) is 0. The molecule has 24 heavy (non-hydrogen) atoms. The third kappa shape index (κ3) is 3.91. The van der Waals surface area contributed by atoms with E-state index in [0.29, 0.717) is 28.2 Å². The standard InChI is InChI=1S/C15H10Cl2F3NO2S/c16-11-1-8-5-22-7-23-13(8)9(2-11)6-24-14-12(17)3-10(4-21-14)15(18,19)20/h1-4H,5-7H2. The molecule has 0 N–H and O–H groups in total. The van der Waals surface area contributed by atoms with Gasteiger partial charge in [-0.25, -0.2) is 4.98 Å². The van der Waals surface area contributed by atoms with E-state index in [1.54, 1.807) is 12.1 Å². The van der Waals surface area contributed by atoms with Crippen molar-refractivity contribution < 1.29 is 22.6 Å². The van der Waals surface area contributed by atoms with Crippen LogP contribution in [0.1, 0.15) is 16.7 Å². The normalized spacial score (nSPS) is 14.2. The molecule has 0 bridgehead atoms. The predicted molar refractivity (Wildman–Crippen MR) is 85.5 cm³/mol. The molecular weight excluding hydrogens is 386 g/mol. The van der Waals surface area contributed by atoms with Crippen molar-refractivity contribution >= 4 is 35.0 Å². The monoisotopic (exact) mass is 395 g/mol. The molecule has 0 spiro atoms. The topological polar surface area (TPSA) is 31.4 Å². The zero-order valence-corrected chi connectivity index (χ0v) is 14.3. The third-order valence-electron chi connectivity index (χ3n) is 3.25. The van der Waals surface area contributed by atoms with Gasteiger partial charge >= 0.3 is 6.18 Å². The van der Waals surface area contributed by atoms with Crippen LogP contribution >= 0.6 is 35.0 Å². The van der Waals surface area contributed by atoms with Crippen LogP contribution in [0.5, 0.6) is 5.75 Å². The van der Waals surface area contributed by atoms with Gasteiger partial charge in [0.1, 0.15) is 10.8 Å². The van der Waals surface area contributed by atoms with E-state index in [1.165, 1.54) is 11.8 Å². The first kappa shape index (κ1) is 17.7. The largest absolute Gasteiger partial charge is 0.467 e. The van der Waals surface area contributed by atoms with Gasteiger partial charge in [0.25, 0.3) is 0 Å². The Morgan fingerprint density at radius 2 is 2.00 bits per heavy atom. The molecule has 0 fully saturated rings. The molecule has 0 saturated heterocycles. The maximum atomic E-state index is 12.6. The van der Waals surface area contributed by atoms with Gasteiger partial charge in [0.15, 0.2) is 6.79 Å². The average molecular weight is 396 g/mol. The molecule has 0 atom stereocenters. The molecule has 0 saturated carbocycles. The summed E-state index contributed by atoms with van der Waals surface area (Å²) in [6.07, 6.45) is -3.70. The van der Waals surface area contributed by atoms with Crippen LogP contribution in [0.2, 0.25) is 10.0 Å². The number of benzene rings is 1. The van der Waals surface area contributed by atoms with Crippen molar-refractivity contribution in [3.63, 3.8) is 0 Å². The van der Waals surface area contributed by atoms with E-state index >= 15 is 0 Å². The second kappa shape index (κ2) is 7.00. The molecule has 1 aliphatic rings. The maximum absolute atomic E-state index is 12.6. The lowest BCUT2D eigenvalue weighted by Crippen LogP contribution is -2.13. The summed E-state index contributed by atoms with van der Waals surface area (Å²) in [6.45, 7) is 0.540. The summed E-state index contributed by atoms with van der Waals surface area (Å²) in [5, 5.41) is 0.797. The highest BCUT2D eigenvalue weighted by Crippen LogP contribution is 2.38. The number of hydrogen-bond donors (Lipinski definition) is 0. The molecule has 0 unspecified atom stereocenters.